The number of nitro benzene ring substituents is 1. The average molecular weight is 258 g/mol. The van der Waals surface area contributed by atoms with Gasteiger partial charge in [-0.2, -0.15) is 0 Å². The van der Waals surface area contributed by atoms with Crippen molar-refractivity contribution in [2.24, 2.45) is 0 Å². The second kappa shape index (κ2) is 5.39. The van der Waals surface area contributed by atoms with Crippen LogP contribution in [0, 0.1) is 10.1 Å². The topological polar surface area (TPSA) is 75.4 Å². The molecule has 0 bridgehead atoms. The quantitative estimate of drug-likeness (QED) is 0.650. The Labute approximate surface area is 110 Å². The molecule has 19 heavy (non-hydrogen) atoms. The van der Waals surface area contributed by atoms with E-state index in [2.05, 4.69) is 5.32 Å². The molecular formula is C14H14N2O3. The molecule has 2 aromatic rings. The van der Waals surface area contributed by atoms with Gasteiger partial charge in [-0.05, 0) is 30.7 Å². The number of anilines is 1. The number of hydrogen-bond acceptors (Lipinski definition) is 4. The van der Waals surface area contributed by atoms with Crippen molar-refractivity contribution in [3.63, 3.8) is 0 Å². The number of hydrogen-bond donors (Lipinski definition) is 2. The summed E-state index contributed by atoms with van der Waals surface area (Å²) < 4.78 is 0. The van der Waals surface area contributed by atoms with E-state index in [1.807, 2.05) is 13.0 Å². The molecule has 0 fully saturated rings. The number of para-hydroxylation sites is 2. The number of aromatic hydroxyl groups is 1. The summed E-state index contributed by atoms with van der Waals surface area (Å²) in [6.07, 6.45) is 0. The highest BCUT2D eigenvalue weighted by molar-refractivity contribution is 5.62. The van der Waals surface area contributed by atoms with E-state index in [9.17, 15) is 15.2 Å². The van der Waals surface area contributed by atoms with E-state index in [0.717, 1.165) is 5.56 Å². The molecule has 0 saturated heterocycles. The van der Waals surface area contributed by atoms with E-state index < -0.39 is 4.92 Å². The Kier molecular flexibility index (Phi) is 3.66. The number of nitro groups is 1. The summed E-state index contributed by atoms with van der Waals surface area (Å²) in [6, 6.07) is 13.2. The molecule has 1 unspecified atom stereocenters. The lowest BCUT2D eigenvalue weighted by molar-refractivity contribution is -0.384. The van der Waals surface area contributed by atoms with Crippen LogP contribution in [0.2, 0.25) is 0 Å². The maximum atomic E-state index is 10.9. The van der Waals surface area contributed by atoms with E-state index >= 15 is 0 Å². The van der Waals surface area contributed by atoms with Crippen LogP contribution in [0.5, 0.6) is 5.75 Å². The molecule has 0 spiro atoms. The highest BCUT2D eigenvalue weighted by Gasteiger charge is 2.15. The molecule has 5 nitrogen and oxygen atoms in total. The SMILES string of the molecule is CC(Nc1ccccc1[N+](=O)[O-])c1cccc(O)c1. The lowest BCUT2D eigenvalue weighted by Crippen LogP contribution is -2.08. The van der Waals surface area contributed by atoms with Crippen LogP contribution >= 0.6 is 0 Å². The van der Waals surface area contributed by atoms with Gasteiger partial charge in [0.25, 0.3) is 5.69 Å². The molecule has 0 aromatic heterocycles. The van der Waals surface area contributed by atoms with Gasteiger partial charge in [-0.25, -0.2) is 0 Å². The van der Waals surface area contributed by atoms with Gasteiger partial charge in [0.05, 0.1) is 4.92 Å². The van der Waals surface area contributed by atoms with Gasteiger partial charge in [0.1, 0.15) is 11.4 Å². The summed E-state index contributed by atoms with van der Waals surface area (Å²) in [5, 5.41) is 23.4. The molecule has 0 aliphatic carbocycles. The fourth-order valence-electron chi connectivity index (χ4n) is 1.87. The monoisotopic (exact) mass is 258 g/mol. The second-order valence-corrected chi connectivity index (χ2v) is 4.24. The predicted molar refractivity (Wildman–Crippen MR) is 73.2 cm³/mol. The van der Waals surface area contributed by atoms with E-state index in [0.29, 0.717) is 5.69 Å². The zero-order chi connectivity index (χ0) is 13.8. The minimum atomic E-state index is -0.419. The molecule has 1 atom stereocenters. The van der Waals surface area contributed by atoms with Crippen molar-refractivity contribution < 1.29 is 10.0 Å². The Morgan fingerprint density at radius 2 is 1.95 bits per heavy atom. The normalized spacial score (nSPS) is 11.8. The van der Waals surface area contributed by atoms with Crippen LogP contribution in [0.25, 0.3) is 0 Å². The largest absolute Gasteiger partial charge is 0.508 e. The fraction of sp³-hybridized carbons (Fsp3) is 0.143. The summed E-state index contributed by atoms with van der Waals surface area (Å²) in [7, 11) is 0. The van der Waals surface area contributed by atoms with Gasteiger partial charge in [-0.1, -0.05) is 24.3 Å². The molecule has 98 valence electrons. The highest BCUT2D eigenvalue weighted by atomic mass is 16.6. The molecule has 0 saturated carbocycles. The number of nitrogens with one attached hydrogen (secondary N) is 1. The van der Waals surface area contributed by atoms with Crippen molar-refractivity contribution in [2.75, 3.05) is 5.32 Å². The zero-order valence-electron chi connectivity index (χ0n) is 10.4. The molecule has 5 heteroatoms. The Morgan fingerprint density at radius 1 is 1.21 bits per heavy atom. The van der Waals surface area contributed by atoms with Crippen LogP contribution in [-0.2, 0) is 0 Å². The summed E-state index contributed by atoms with van der Waals surface area (Å²) in [5.74, 6) is 0.175. The molecule has 0 radical (unpaired) electrons. The number of phenolic OH excluding ortho intramolecular Hbond substituents is 1. The third-order valence-electron chi connectivity index (χ3n) is 2.84. The first kappa shape index (κ1) is 12.9. The van der Waals surface area contributed by atoms with E-state index in [4.69, 9.17) is 0 Å². The summed E-state index contributed by atoms with van der Waals surface area (Å²) in [6.45, 7) is 1.88. The Hall–Kier alpha value is -2.56. The first-order chi connectivity index (χ1) is 9.08. The maximum Gasteiger partial charge on any atom is 0.292 e. The minimum Gasteiger partial charge on any atom is -0.508 e. The van der Waals surface area contributed by atoms with Crippen LogP contribution in [-0.4, -0.2) is 10.0 Å². The van der Waals surface area contributed by atoms with Gasteiger partial charge in [0.2, 0.25) is 0 Å². The lowest BCUT2D eigenvalue weighted by atomic mass is 10.1. The average Bonchev–Trinajstić information content (AvgIpc) is 2.39. The van der Waals surface area contributed by atoms with Crippen molar-refractivity contribution in [3.05, 3.63) is 64.2 Å². The molecule has 2 N–H and O–H groups in total. The number of nitrogens with zero attached hydrogens (tertiary/aromatic N) is 1. The maximum absolute atomic E-state index is 10.9. The summed E-state index contributed by atoms with van der Waals surface area (Å²) >= 11 is 0. The predicted octanol–water partition coefficient (Wildman–Crippen LogP) is 3.47. The van der Waals surface area contributed by atoms with E-state index in [1.54, 1.807) is 36.4 Å². The van der Waals surface area contributed by atoms with Crippen LogP contribution in [0.1, 0.15) is 18.5 Å². The standard InChI is InChI=1S/C14H14N2O3/c1-10(11-5-4-6-12(17)9-11)15-13-7-2-3-8-14(13)16(18)19/h2-10,15,17H,1H3. The number of benzene rings is 2. The highest BCUT2D eigenvalue weighted by Crippen LogP contribution is 2.28. The molecule has 0 amide bonds. The third kappa shape index (κ3) is 3.01. The Balaban J connectivity index is 2.24. The number of phenols is 1. The van der Waals surface area contributed by atoms with Gasteiger partial charge in [0.15, 0.2) is 0 Å². The molecule has 2 rings (SSSR count). The van der Waals surface area contributed by atoms with Crippen LogP contribution < -0.4 is 5.32 Å². The summed E-state index contributed by atoms with van der Waals surface area (Å²) in [4.78, 5) is 10.5. The van der Waals surface area contributed by atoms with E-state index in [-0.39, 0.29) is 17.5 Å². The molecule has 2 aromatic carbocycles. The van der Waals surface area contributed by atoms with Gasteiger partial charge >= 0.3 is 0 Å². The van der Waals surface area contributed by atoms with E-state index in [1.165, 1.54) is 6.07 Å². The molecular weight excluding hydrogens is 244 g/mol. The Morgan fingerprint density at radius 3 is 2.63 bits per heavy atom. The smallest absolute Gasteiger partial charge is 0.292 e. The van der Waals surface area contributed by atoms with Gasteiger partial charge in [-0.3, -0.25) is 10.1 Å². The van der Waals surface area contributed by atoms with Gasteiger partial charge in [-0.15, -0.1) is 0 Å². The molecule has 0 aliphatic rings. The zero-order valence-corrected chi connectivity index (χ0v) is 10.4. The third-order valence-corrected chi connectivity index (χ3v) is 2.84. The van der Waals surface area contributed by atoms with Crippen molar-refractivity contribution >= 4 is 11.4 Å². The first-order valence-corrected chi connectivity index (χ1v) is 5.87. The lowest BCUT2D eigenvalue weighted by Gasteiger charge is -2.15. The molecule has 0 aliphatic heterocycles. The minimum absolute atomic E-state index is 0.0366. The van der Waals surface area contributed by atoms with Crippen molar-refractivity contribution in [2.45, 2.75) is 13.0 Å². The summed E-state index contributed by atoms with van der Waals surface area (Å²) in [5.41, 5.74) is 1.36. The van der Waals surface area contributed by atoms with Crippen molar-refractivity contribution in [1.29, 1.82) is 0 Å². The van der Waals surface area contributed by atoms with Crippen molar-refractivity contribution in [3.8, 4) is 5.75 Å². The van der Waals surface area contributed by atoms with Gasteiger partial charge in [0, 0.05) is 12.1 Å². The second-order valence-electron chi connectivity index (χ2n) is 4.24. The number of rotatable bonds is 4. The Bertz CT molecular complexity index is 599. The van der Waals surface area contributed by atoms with Gasteiger partial charge < -0.3 is 10.4 Å². The first-order valence-electron chi connectivity index (χ1n) is 5.87. The van der Waals surface area contributed by atoms with Crippen LogP contribution in [0.15, 0.2) is 48.5 Å². The fourth-order valence-corrected chi connectivity index (χ4v) is 1.87. The van der Waals surface area contributed by atoms with Crippen LogP contribution in [0.4, 0.5) is 11.4 Å². The molecule has 0 heterocycles. The van der Waals surface area contributed by atoms with Crippen LogP contribution in [0.3, 0.4) is 0 Å². The van der Waals surface area contributed by atoms with Crippen molar-refractivity contribution in [1.82, 2.24) is 0 Å².